The molecule has 0 radical (unpaired) electrons. The lowest BCUT2D eigenvalue weighted by Crippen LogP contribution is -2.25. The van der Waals surface area contributed by atoms with Crippen molar-refractivity contribution < 1.29 is 14.0 Å². The standard InChI is InChI=1S/C11H9BrFNO2/c1-14-10(15)5-8(11(14)16)7-3-2-6(12)4-9(7)13/h2-4,8H,5H2,1H3. The highest BCUT2D eigenvalue weighted by molar-refractivity contribution is 9.10. The number of halogens is 2. The van der Waals surface area contributed by atoms with Crippen molar-refractivity contribution in [2.75, 3.05) is 7.05 Å². The number of nitrogens with zero attached hydrogens (tertiary/aromatic N) is 1. The van der Waals surface area contributed by atoms with Crippen molar-refractivity contribution >= 4 is 27.7 Å². The molecule has 3 nitrogen and oxygen atoms in total. The van der Waals surface area contributed by atoms with Crippen LogP contribution in [0.3, 0.4) is 0 Å². The van der Waals surface area contributed by atoms with Gasteiger partial charge in [0.05, 0.1) is 5.92 Å². The molecule has 1 saturated heterocycles. The number of likely N-dealkylation sites (tertiary alicyclic amines) is 1. The summed E-state index contributed by atoms with van der Waals surface area (Å²) in [5.74, 6) is -1.75. The predicted molar refractivity (Wildman–Crippen MR) is 59.2 cm³/mol. The van der Waals surface area contributed by atoms with Crippen molar-refractivity contribution in [3.05, 3.63) is 34.1 Å². The molecule has 2 rings (SSSR count). The number of amides is 2. The van der Waals surface area contributed by atoms with Gasteiger partial charge < -0.3 is 0 Å². The van der Waals surface area contributed by atoms with E-state index >= 15 is 0 Å². The SMILES string of the molecule is CN1C(=O)CC(c2ccc(Br)cc2F)C1=O. The van der Waals surface area contributed by atoms with Gasteiger partial charge in [-0.2, -0.15) is 0 Å². The average Bonchev–Trinajstić information content (AvgIpc) is 2.46. The van der Waals surface area contributed by atoms with Gasteiger partial charge in [0.15, 0.2) is 0 Å². The molecule has 1 aliphatic heterocycles. The molecule has 1 aliphatic rings. The highest BCUT2D eigenvalue weighted by Gasteiger charge is 2.38. The van der Waals surface area contributed by atoms with E-state index in [0.29, 0.717) is 4.47 Å². The zero-order valence-corrected chi connectivity index (χ0v) is 10.1. The van der Waals surface area contributed by atoms with Gasteiger partial charge in [-0.3, -0.25) is 14.5 Å². The summed E-state index contributed by atoms with van der Waals surface area (Å²) >= 11 is 3.14. The van der Waals surface area contributed by atoms with Gasteiger partial charge in [-0.1, -0.05) is 22.0 Å². The van der Waals surface area contributed by atoms with Crippen LogP contribution in [0.5, 0.6) is 0 Å². The lowest BCUT2D eigenvalue weighted by molar-refractivity contribution is -0.137. The number of benzene rings is 1. The second-order valence-electron chi connectivity index (χ2n) is 3.71. The van der Waals surface area contributed by atoms with E-state index in [0.717, 1.165) is 4.90 Å². The molecule has 16 heavy (non-hydrogen) atoms. The first kappa shape index (κ1) is 11.3. The summed E-state index contributed by atoms with van der Waals surface area (Å²) in [5, 5.41) is 0. The number of rotatable bonds is 1. The first-order valence-electron chi connectivity index (χ1n) is 4.76. The van der Waals surface area contributed by atoms with E-state index in [-0.39, 0.29) is 23.8 Å². The van der Waals surface area contributed by atoms with Gasteiger partial charge in [-0.15, -0.1) is 0 Å². The molecule has 0 saturated carbocycles. The molecule has 1 aromatic rings. The van der Waals surface area contributed by atoms with Crippen LogP contribution in [-0.2, 0) is 9.59 Å². The Kier molecular flexibility index (Phi) is 2.80. The summed E-state index contributed by atoms with van der Waals surface area (Å²) in [5.41, 5.74) is 0.283. The Labute approximate surface area is 100 Å². The van der Waals surface area contributed by atoms with Crippen LogP contribution in [0.1, 0.15) is 17.9 Å². The monoisotopic (exact) mass is 285 g/mol. The molecule has 1 atom stereocenters. The van der Waals surface area contributed by atoms with Crippen molar-refractivity contribution in [1.82, 2.24) is 4.90 Å². The maximum absolute atomic E-state index is 13.6. The van der Waals surface area contributed by atoms with Gasteiger partial charge in [0.2, 0.25) is 11.8 Å². The Morgan fingerprint density at radius 3 is 2.62 bits per heavy atom. The fourth-order valence-corrected chi connectivity index (χ4v) is 2.12. The highest BCUT2D eigenvalue weighted by atomic mass is 79.9. The van der Waals surface area contributed by atoms with E-state index in [9.17, 15) is 14.0 Å². The van der Waals surface area contributed by atoms with Gasteiger partial charge in [-0.05, 0) is 12.1 Å². The minimum Gasteiger partial charge on any atom is -0.285 e. The van der Waals surface area contributed by atoms with Crippen LogP contribution < -0.4 is 0 Å². The lowest BCUT2D eigenvalue weighted by atomic mass is 9.97. The van der Waals surface area contributed by atoms with Gasteiger partial charge >= 0.3 is 0 Å². The summed E-state index contributed by atoms with van der Waals surface area (Å²) in [7, 11) is 1.42. The molecule has 1 fully saturated rings. The largest absolute Gasteiger partial charge is 0.285 e. The first-order valence-corrected chi connectivity index (χ1v) is 5.55. The number of likely N-dealkylation sites (N-methyl/N-ethyl adjacent to an activating group) is 1. The third-order valence-electron chi connectivity index (χ3n) is 2.72. The molecule has 5 heteroatoms. The summed E-state index contributed by atoms with van der Waals surface area (Å²) in [6.45, 7) is 0. The maximum atomic E-state index is 13.6. The Hall–Kier alpha value is -1.23. The molecule has 0 N–H and O–H groups in total. The summed E-state index contributed by atoms with van der Waals surface area (Å²) in [6.07, 6.45) is 0.0495. The molecule has 0 bridgehead atoms. The summed E-state index contributed by atoms with van der Waals surface area (Å²) < 4.78 is 14.2. The third kappa shape index (κ3) is 1.75. The zero-order chi connectivity index (χ0) is 11.9. The van der Waals surface area contributed by atoms with E-state index < -0.39 is 11.7 Å². The zero-order valence-electron chi connectivity index (χ0n) is 8.54. The molecular weight excluding hydrogens is 277 g/mol. The number of hydrogen-bond acceptors (Lipinski definition) is 2. The topological polar surface area (TPSA) is 37.4 Å². The fourth-order valence-electron chi connectivity index (χ4n) is 1.78. The predicted octanol–water partition coefficient (Wildman–Crippen LogP) is 2.06. The quantitative estimate of drug-likeness (QED) is 0.741. The molecule has 84 valence electrons. The Bertz CT molecular complexity index is 475. The summed E-state index contributed by atoms with van der Waals surface area (Å²) in [4.78, 5) is 24.0. The van der Waals surface area contributed by atoms with E-state index in [2.05, 4.69) is 15.9 Å². The van der Waals surface area contributed by atoms with Crippen molar-refractivity contribution in [2.45, 2.75) is 12.3 Å². The third-order valence-corrected chi connectivity index (χ3v) is 3.21. The first-order chi connectivity index (χ1) is 7.50. The smallest absolute Gasteiger partial charge is 0.237 e. The average molecular weight is 286 g/mol. The lowest BCUT2D eigenvalue weighted by Gasteiger charge is -2.10. The van der Waals surface area contributed by atoms with Gasteiger partial charge in [0.25, 0.3) is 0 Å². The van der Waals surface area contributed by atoms with Crippen molar-refractivity contribution in [3.8, 4) is 0 Å². The maximum Gasteiger partial charge on any atom is 0.237 e. The van der Waals surface area contributed by atoms with E-state index in [1.807, 2.05) is 0 Å². The van der Waals surface area contributed by atoms with E-state index in [1.165, 1.54) is 19.2 Å². The van der Waals surface area contributed by atoms with Gasteiger partial charge in [0.1, 0.15) is 5.82 Å². The second kappa shape index (κ2) is 3.97. The molecule has 0 aliphatic carbocycles. The van der Waals surface area contributed by atoms with Crippen LogP contribution in [0.4, 0.5) is 4.39 Å². The summed E-state index contributed by atoms with van der Waals surface area (Å²) in [6, 6.07) is 4.49. The van der Waals surface area contributed by atoms with Crippen LogP contribution in [0.2, 0.25) is 0 Å². The Morgan fingerprint density at radius 1 is 1.44 bits per heavy atom. The van der Waals surface area contributed by atoms with Crippen LogP contribution in [-0.4, -0.2) is 23.8 Å². The minimum atomic E-state index is -0.675. The van der Waals surface area contributed by atoms with Crippen molar-refractivity contribution in [1.29, 1.82) is 0 Å². The number of carbonyl (C=O) groups excluding carboxylic acids is 2. The second-order valence-corrected chi connectivity index (χ2v) is 4.63. The van der Waals surface area contributed by atoms with Crippen molar-refractivity contribution in [3.63, 3.8) is 0 Å². The van der Waals surface area contributed by atoms with Gasteiger partial charge in [0, 0.05) is 23.5 Å². The van der Waals surface area contributed by atoms with Gasteiger partial charge in [-0.25, -0.2) is 4.39 Å². The van der Waals surface area contributed by atoms with Crippen LogP contribution in [0.25, 0.3) is 0 Å². The molecule has 0 aromatic heterocycles. The van der Waals surface area contributed by atoms with Crippen molar-refractivity contribution in [2.24, 2.45) is 0 Å². The molecule has 1 heterocycles. The number of carbonyl (C=O) groups is 2. The Balaban J connectivity index is 2.39. The van der Waals surface area contributed by atoms with E-state index in [1.54, 1.807) is 6.07 Å². The molecule has 1 unspecified atom stereocenters. The Morgan fingerprint density at radius 2 is 2.12 bits per heavy atom. The number of hydrogen-bond donors (Lipinski definition) is 0. The van der Waals surface area contributed by atoms with Crippen LogP contribution >= 0.6 is 15.9 Å². The molecular formula is C11H9BrFNO2. The molecule has 1 aromatic carbocycles. The van der Waals surface area contributed by atoms with Crippen LogP contribution in [0.15, 0.2) is 22.7 Å². The molecule has 2 amide bonds. The van der Waals surface area contributed by atoms with E-state index in [4.69, 9.17) is 0 Å². The van der Waals surface area contributed by atoms with Crippen LogP contribution in [0, 0.1) is 5.82 Å². The minimum absolute atomic E-state index is 0.0495. The molecule has 0 spiro atoms. The fraction of sp³-hybridized carbons (Fsp3) is 0.273. The normalized spacial score (nSPS) is 20.7. The highest BCUT2D eigenvalue weighted by Crippen LogP contribution is 2.31. The number of imide groups is 1.